The van der Waals surface area contributed by atoms with Crippen molar-refractivity contribution in [3.63, 3.8) is 0 Å². The second-order valence-corrected chi connectivity index (χ2v) is 8.10. The van der Waals surface area contributed by atoms with Crippen LogP contribution in [-0.4, -0.2) is 46.3 Å². The minimum absolute atomic E-state index is 0.168. The van der Waals surface area contributed by atoms with Gasteiger partial charge in [-0.15, -0.1) is 0 Å². The summed E-state index contributed by atoms with van der Waals surface area (Å²) in [6.07, 6.45) is 3.67. The number of amides is 1. The first kappa shape index (κ1) is 20.4. The van der Waals surface area contributed by atoms with Gasteiger partial charge in [-0.25, -0.2) is 4.98 Å². The number of benzene rings is 1. The van der Waals surface area contributed by atoms with E-state index in [1.807, 2.05) is 39.9 Å². The second kappa shape index (κ2) is 9.67. The highest BCUT2D eigenvalue weighted by Gasteiger charge is 2.17. The molecule has 5 nitrogen and oxygen atoms in total. The highest BCUT2D eigenvalue weighted by molar-refractivity contribution is 7.99. The third kappa shape index (κ3) is 5.80. The molecule has 0 saturated heterocycles. The van der Waals surface area contributed by atoms with E-state index in [1.54, 1.807) is 13.3 Å². The van der Waals surface area contributed by atoms with Gasteiger partial charge in [-0.2, -0.15) is 0 Å². The van der Waals surface area contributed by atoms with E-state index in [-0.39, 0.29) is 5.91 Å². The Morgan fingerprint density at radius 2 is 1.77 bits per heavy atom. The van der Waals surface area contributed by atoms with E-state index in [0.717, 1.165) is 29.7 Å². The number of carbonyl (C=O) groups excluding carboxylic acids is 1. The summed E-state index contributed by atoms with van der Waals surface area (Å²) in [4.78, 5) is 19.1. The van der Waals surface area contributed by atoms with Crippen LogP contribution in [0.1, 0.15) is 27.7 Å². The predicted molar refractivity (Wildman–Crippen MR) is 107 cm³/mol. The van der Waals surface area contributed by atoms with Gasteiger partial charge in [-0.3, -0.25) is 9.36 Å². The average Bonchev–Trinajstić information content (AvgIpc) is 3.07. The molecule has 0 saturated carbocycles. The Morgan fingerprint density at radius 3 is 2.31 bits per heavy atom. The number of thioether (sulfide) groups is 1. The van der Waals surface area contributed by atoms with Crippen LogP contribution in [0.5, 0.6) is 5.75 Å². The molecule has 6 heteroatoms. The van der Waals surface area contributed by atoms with Crippen LogP contribution >= 0.6 is 11.8 Å². The van der Waals surface area contributed by atoms with E-state index in [2.05, 4.69) is 32.7 Å². The molecule has 1 aromatic carbocycles. The number of carbonyl (C=O) groups is 1. The molecule has 0 radical (unpaired) electrons. The average molecular weight is 376 g/mol. The number of ether oxygens (including phenoxy) is 1. The van der Waals surface area contributed by atoms with Crippen molar-refractivity contribution in [3.05, 3.63) is 36.7 Å². The van der Waals surface area contributed by atoms with E-state index in [9.17, 15) is 4.79 Å². The number of nitrogens with zero attached hydrogens (tertiary/aromatic N) is 3. The van der Waals surface area contributed by atoms with Crippen molar-refractivity contribution < 1.29 is 9.53 Å². The Morgan fingerprint density at radius 1 is 1.15 bits per heavy atom. The van der Waals surface area contributed by atoms with Gasteiger partial charge in [0.2, 0.25) is 5.91 Å². The fourth-order valence-electron chi connectivity index (χ4n) is 2.71. The SMILES string of the molecule is COc1ccc(-n2ccnc2SCC(=O)N(CC(C)C)CC(C)C)cc1. The summed E-state index contributed by atoms with van der Waals surface area (Å²) in [5.41, 5.74) is 1.000. The fourth-order valence-corrected chi connectivity index (χ4v) is 3.59. The Hall–Kier alpha value is -1.95. The maximum absolute atomic E-state index is 12.7. The van der Waals surface area contributed by atoms with Crippen molar-refractivity contribution in [2.24, 2.45) is 11.8 Å². The molecule has 26 heavy (non-hydrogen) atoms. The van der Waals surface area contributed by atoms with Crippen LogP contribution in [-0.2, 0) is 4.79 Å². The summed E-state index contributed by atoms with van der Waals surface area (Å²) < 4.78 is 7.20. The minimum Gasteiger partial charge on any atom is -0.497 e. The molecule has 1 amide bonds. The van der Waals surface area contributed by atoms with Crippen molar-refractivity contribution in [3.8, 4) is 11.4 Å². The van der Waals surface area contributed by atoms with Crippen LogP contribution in [0, 0.1) is 11.8 Å². The van der Waals surface area contributed by atoms with Crippen LogP contribution in [0.15, 0.2) is 41.8 Å². The maximum Gasteiger partial charge on any atom is 0.233 e. The molecular weight excluding hydrogens is 346 g/mol. The first-order chi connectivity index (χ1) is 12.4. The summed E-state index contributed by atoms with van der Waals surface area (Å²) in [5.74, 6) is 2.30. The van der Waals surface area contributed by atoms with Crippen molar-refractivity contribution in [1.29, 1.82) is 0 Å². The molecule has 0 unspecified atom stereocenters. The Balaban J connectivity index is 2.04. The van der Waals surface area contributed by atoms with Gasteiger partial charge in [0.25, 0.3) is 0 Å². The van der Waals surface area contributed by atoms with Gasteiger partial charge >= 0.3 is 0 Å². The van der Waals surface area contributed by atoms with Gasteiger partial charge in [0.05, 0.1) is 12.9 Å². The summed E-state index contributed by atoms with van der Waals surface area (Å²) in [6, 6.07) is 7.80. The van der Waals surface area contributed by atoms with Crippen molar-refractivity contribution in [1.82, 2.24) is 14.5 Å². The lowest BCUT2D eigenvalue weighted by Crippen LogP contribution is -2.38. The monoisotopic (exact) mass is 375 g/mol. The van der Waals surface area contributed by atoms with Crippen LogP contribution < -0.4 is 4.74 Å². The van der Waals surface area contributed by atoms with Crippen LogP contribution in [0.2, 0.25) is 0 Å². The van der Waals surface area contributed by atoms with Gasteiger partial charge < -0.3 is 9.64 Å². The number of methoxy groups -OCH3 is 1. The van der Waals surface area contributed by atoms with Crippen molar-refractivity contribution in [2.75, 3.05) is 26.0 Å². The summed E-state index contributed by atoms with van der Waals surface area (Å²) in [5, 5.41) is 0.817. The van der Waals surface area contributed by atoms with Crippen LogP contribution in [0.4, 0.5) is 0 Å². The van der Waals surface area contributed by atoms with Gasteiger partial charge in [0, 0.05) is 31.2 Å². The molecule has 2 aromatic rings. The predicted octanol–water partition coefficient (Wildman–Crippen LogP) is 4.11. The van der Waals surface area contributed by atoms with Gasteiger partial charge in [-0.1, -0.05) is 39.5 Å². The molecule has 0 fully saturated rings. The smallest absolute Gasteiger partial charge is 0.233 e. The number of hydrogen-bond donors (Lipinski definition) is 0. The Bertz CT molecular complexity index is 685. The molecule has 142 valence electrons. The quantitative estimate of drug-likeness (QED) is 0.619. The topological polar surface area (TPSA) is 47.4 Å². The first-order valence-corrected chi connectivity index (χ1v) is 9.97. The van der Waals surface area contributed by atoms with Gasteiger partial charge in [-0.05, 0) is 36.1 Å². The fraction of sp³-hybridized carbons (Fsp3) is 0.500. The molecule has 0 aliphatic heterocycles. The molecule has 0 N–H and O–H groups in total. The third-order valence-electron chi connectivity index (χ3n) is 3.81. The normalized spacial score (nSPS) is 11.2. The summed E-state index contributed by atoms with van der Waals surface area (Å²) in [6.45, 7) is 10.2. The van der Waals surface area contributed by atoms with Crippen LogP contribution in [0.3, 0.4) is 0 Å². The lowest BCUT2D eigenvalue weighted by atomic mass is 10.1. The summed E-state index contributed by atoms with van der Waals surface area (Å²) in [7, 11) is 1.65. The number of hydrogen-bond acceptors (Lipinski definition) is 4. The van der Waals surface area contributed by atoms with E-state index < -0.39 is 0 Å². The summed E-state index contributed by atoms with van der Waals surface area (Å²) >= 11 is 1.48. The van der Waals surface area contributed by atoms with Gasteiger partial charge in [0.1, 0.15) is 5.75 Å². The molecule has 1 aromatic heterocycles. The molecule has 0 bridgehead atoms. The largest absolute Gasteiger partial charge is 0.497 e. The molecule has 0 aliphatic carbocycles. The lowest BCUT2D eigenvalue weighted by molar-refractivity contribution is -0.129. The van der Waals surface area contributed by atoms with Crippen LogP contribution in [0.25, 0.3) is 5.69 Å². The lowest BCUT2D eigenvalue weighted by Gasteiger charge is -2.26. The first-order valence-electron chi connectivity index (χ1n) is 8.99. The van der Waals surface area contributed by atoms with Gasteiger partial charge in [0.15, 0.2) is 5.16 Å². The molecule has 0 atom stereocenters. The molecule has 0 spiro atoms. The van der Waals surface area contributed by atoms with E-state index >= 15 is 0 Å². The van der Waals surface area contributed by atoms with Crippen molar-refractivity contribution >= 4 is 17.7 Å². The highest BCUT2D eigenvalue weighted by Crippen LogP contribution is 2.22. The zero-order valence-corrected chi connectivity index (χ0v) is 17.1. The Labute approximate surface area is 160 Å². The zero-order valence-electron chi connectivity index (χ0n) is 16.3. The standard InChI is InChI=1S/C20H29N3O2S/c1-15(2)12-22(13-16(3)4)19(24)14-26-20-21-10-11-23(20)17-6-8-18(25-5)9-7-17/h6-11,15-16H,12-14H2,1-5H3. The highest BCUT2D eigenvalue weighted by atomic mass is 32.2. The van der Waals surface area contributed by atoms with E-state index in [0.29, 0.717) is 17.6 Å². The van der Waals surface area contributed by atoms with E-state index in [4.69, 9.17) is 4.74 Å². The molecule has 0 aliphatic rings. The molecular formula is C20H29N3O2S. The number of imidazole rings is 1. The maximum atomic E-state index is 12.7. The van der Waals surface area contributed by atoms with Crippen molar-refractivity contribution in [2.45, 2.75) is 32.9 Å². The Kier molecular flexibility index (Phi) is 7.57. The van der Waals surface area contributed by atoms with E-state index in [1.165, 1.54) is 11.8 Å². The second-order valence-electron chi connectivity index (χ2n) is 7.15. The molecule has 2 rings (SSSR count). The minimum atomic E-state index is 0.168. The zero-order chi connectivity index (χ0) is 19.1. The molecule has 1 heterocycles. The number of rotatable bonds is 9. The third-order valence-corrected chi connectivity index (χ3v) is 4.76. The number of aromatic nitrogens is 2.